The molecule has 0 aliphatic rings. The Morgan fingerprint density at radius 1 is 1.17 bits per heavy atom. The highest BCUT2D eigenvalue weighted by Gasteiger charge is 2.09. The number of pyridine rings is 1. The van der Waals surface area contributed by atoms with Gasteiger partial charge in [0.1, 0.15) is 12.3 Å². The molecule has 3 aromatic rings. The molecule has 23 heavy (non-hydrogen) atoms. The summed E-state index contributed by atoms with van der Waals surface area (Å²) in [4.78, 5) is 28.5. The van der Waals surface area contributed by atoms with Crippen molar-refractivity contribution in [3.8, 4) is 0 Å². The second kappa shape index (κ2) is 6.04. The minimum Gasteiger partial charge on any atom is -0.456 e. The first kappa shape index (κ1) is 15.0. The lowest BCUT2D eigenvalue weighted by Crippen LogP contribution is -2.17. The summed E-state index contributed by atoms with van der Waals surface area (Å²) in [7, 11) is 0. The maximum absolute atomic E-state index is 12.1. The molecular formula is C18H16N2O3. The van der Waals surface area contributed by atoms with Gasteiger partial charge in [0.15, 0.2) is 0 Å². The van der Waals surface area contributed by atoms with Gasteiger partial charge in [-0.25, -0.2) is 9.78 Å². The molecule has 5 heteroatoms. The van der Waals surface area contributed by atoms with Gasteiger partial charge in [-0.15, -0.1) is 0 Å². The van der Waals surface area contributed by atoms with Crippen LogP contribution in [0.4, 0.5) is 0 Å². The van der Waals surface area contributed by atoms with Crippen molar-refractivity contribution in [3.63, 3.8) is 0 Å². The van der Waals surface area contributed by atoms with E-state index in [-0.39, 0.29) is 12.2 Å². The molecule has 0 saturated heterocycles. The van der Waals surface area contributed by atoms with E-state index in [1.54, 1.807) is 24.4 Å². The molecule has 0 bridgehead atoms. The Labute approximate surface area is 133 Å². The molecule has 0 radical (unpaired) electrons. The first-order valence-electron chi connectivity index (χ1n) is 7.26. The van der Waals surface area contributed by atoms with Crippen LogP contribution >= 0.6 is 0 Å². The second-order valence-corrected chi connectivity index (χ2v) is 5.41. The molecular weight excluding hydrogens is 292 g/mol. The van der Waals surface area contributed by atoms with Gasteiger partial charge < -0.3 is 4.74 Å². The van der Waals surface area contributed by atoms with Crippen molar-refractivity contribution in [3.05, 3.63) is 81.4 Å². The largest absolute Gasteiger partial charge is 0.456 e. The van der Waals surface area contributed by atoms with Crippen LogP contribution in [0.15, 0.2) is 53.5 Å². The van der Waals surface area contributed by atoms with E-state index < -0.39 is 5.97 Å². The quantitative estimate of drug-likeness (QED) is 0.698. The summed E-state index contributed by atoms with van der Waals surface area (Å²) < 4.78 is 6.72. The van der Waals surface area contributed by atoms with Crippen LogP contribution < -0.4 is 5.56 Å². The van der Waals surface area contributed by atoms with Crippen LogP contribution in [0.5, 0.6) is 0 Å². The fourth-order valence-corrected chi connectivity index (χ4v) is 2.30. The smallest absolute Gasteiger partial charge is 0.338 e. The average molecular weight is 308 g/mol. The molecule has 2 heterocycles. The summed E-state index contributed by atoms with van der Waals surface area (Å²) in [5.74, 6) is -0.434. The van der Waals surface area contributed by atoms with Crippen molar-refractivity contribution in [1.82, 2.24) is 9.38 Å². The topological polar surface area (TPSA) is 60.7 Å². The van der Waals surface area contributed by atoms with Crippen LogP contribution in [-0.4, -0.2) is 15.4 Å². The monoisotopic (exact) mass is 308 g/mol. The Kier molecular flexibility index (Phi) is 3.93. The van der Waals surface area contributed by atoms with Crippen LogP contribution in [0, 0.1) is 13.8 Å². The van der Waals surface area contributed by atoms with Crippen LogP contribution in [-0.2, 0) is 11.3 Å². The van der Waals surface area contributed by atoms with Crippen LogP contribution in [0.25, 0.3) is 5.65 Å². The fraction of sp³-hybridized carbons (Fsp3) is 0.167. The summed E-state index contributed by atoms with van der Waals surface area (Å²) in [6.07, 6.45) is 1.67. The highest BCUT2D eigenvalue weighted by Crippen LogP contribution is 2.09. The standard InChI is InChI=1S/C18H16N2O3/c1-12-5-7-14(8-6-12)18(22)23-11-15-10-16(21)20-9-3-4-13(2)17(20)19-15/h3-10H,11H2,1-2H3. The van der Waals surface area contributed by atoms with Crippen molar-refractivity contribution in [2.24, 2.45) is 0 Å². The lowest BCUT2D eigenvalue weighted by molar-refractivity contribution is 0.0467. The molecule has 0 aliphatic carbocycles. The van der Waals surface area contributed by atoms with Gasteiger partial charge in [-0.05, 0) is 37.6 Å². The van der Waals surface area contributed by atoms with E-state index in [1.165, 1.54) is 10.5 Å². The number of ether oxygens (including phenoxy) is 1. The number of hydrogen-bond acceptors (Lipinski definition) is 4. The van der Waals surface area contributed by atoms with Gasteiger partial charge in [0.2, 0.25) is 0 Å². The number of benzene rings is 1. The Bertz CT molecular complexity index is 927. The fourth-order valence-electron chi connectivity index (χ4n) is 2.30. The maximum Gasteiger partial charge on any atom is 0.338 e. The van der Waals surface area contributed by atoms with Crippen LogP contribution in [0.1, 0.15) is 27.2 Å². The van der Waals surface area contributed by atoms with Crippen molar-refractivity contribution in [2.75, 3.05) is 0 Å². The summed E-state index contributed by atoms with van der Waals surface area (Å²) in [6.45, 7) is 3.79. The van der Waals surface area contributed by atoms with Crippen molar-refractivity contribution in [1.29, 1.82) is 0 Å². The number of hydrogen-bond donors (Lipinski definition) is 0. The molecule has 1 aromatic carbocycles. The molecule has 2 aromatic heterocycles. The zero-order valence-corrected chi connectivity index (χ0v) is 12.9. The van der Waals surface area contributed by atoms with E-state index in [2.05, 4.69) is 4.98 Å². The summed E-state index contributed by atoms with van der Waals surface area (Å²) in [5.41, 5.74) is 3.24. The van der Waals surface area contributed by atoms with Crippen LogP contribution in [0.3, 0.4) is 0 Å². The predicted molar refractivity (Wildman–Crippen MR) is 86.5 cm³/mol. The third-order valence-corrected chi connectivity index (χ3v) is 3.58. The second-order valence-electron chi connectivity index (χ2n) is 5.41. The van der Waals surface area contributed by atoms with E-state index in [0.29, 0.717) is 16.9 Å². The van der Waals surface area contributed by atoms with E-state index in [9.17, 15) is 9.59 Å². The normalized spacial score (nSPS) is 10.7. The number of fused-ring (bicyclic) bond motifs is 1. The third-order valence-electron chi connectivity index (χ3n) is 3.58. The third kappa shape index (κ3) is 3.13. The number of carbonyl (C=O) groups excluding carboxylic acids is 1. The van der Waals surface area contributed by atoms with E-state index in [4.69, 9.17) is 4.74 Å². The molecule has 0 fully saturated rings. The zero-order valence-electron chi connectivity index (χ0n) is 12.9. The van der Waals surface area contributed by atoms with Crippen molar-refractivity contribution >= 4 is 11.6 Å². The molecule has 0 unspecified atom stereocenters. The van der Waals surface area contributed by atoms with E-state index >= 15 is 0 Å². The summed E-state index contributed by atoms with van der Waals surface area (Å²) in [5, 5.41) is 0. The SMILES string of the molecule is Cc1ccc(C(=O)OCc2cc(=O)n3cccc(C)c3n2)cc1. The number of esters is 1. The summed E-state index contributed by atoms with van der Waals surface area (Å²) >= 11 is 0. The number of carbonyl (C=O) groups is 1. The maximum atomic E-state index is 12.1. The van der Waals surface area contributed by atoms with Crippen molar-refractivity contribution in [2.45, 2.75) is 20.5 Å². The highest BCUT2D eigenvalue weighted by molar-refractivity contribution is 5.89. The van der Waals surface area contributed by atoms with Gasteiger partial charge in [-0.2, -0.15) is 0 Å². The molecule has 0 spiro atoms. The summed E-state index contributed by atoms with van der Waals surface area (Å²) in [6, 6.07) is 12.2. The number of aromatic nitrogens is 2. The van der Waals surface area contributed by atoms with Gasteiger partial charge in [-0.1, -0.05) is 23.8 Å². The van der Waals surface area contributed by atoms with Crippen molar-refractivity contribution < 1.29 is 9.53 Å². The first-order valence-corrected chi connectivity index (χ1v) is 7.26. The van der Waals surface area contributed by atoms with Gasteiger partial charge in [-0.3, -0.25) is 9.20 Å². The molecule has 0 saturated carbocycles. The number of nitrogens with zero attached hydrogens (tertiary/aromatic N) is 2. The Hall–Kier alpha value is -2.95. The van der Waals surface area contributed by atoms with Crippen LogP contribution in [0.2, 0.25) is 0 Å². The Balaban J connectivity index is 1.82. The van der Waals surface area contributed by atoms with Gasteiger partial charge in [0, 0.05) is 12.3 Å². The Morgan fingerprint density at radius 3 is 2.65 bits per heavy atom. The number of aryl methyl sites for hydroxylation is 2. The molecule has 0 amide bonds. The lowest BCUT2D eigenvalue weighted by atomic mass is 10.1. The number of rotatable bonds is 3. The van der Waals surface area contributed by atoms with E-state index in [0.717, 1.165) is 11.1 Å². The zero-order chi connectivity index (χ0) is 16.4. The lowest BCUT2D eigenvalue weighted by Gasteiger charge is -2.07. The molecule has 5 nitrogen and oxygen atoms in total. The minimum absolute atomic E-state index is 0.0349. The molecule has 3 rings (SSSR count). The van der Waals surface area contributed by atoms with Gasteiger partial charge in [0.05, 0.1) is 11.3 Å². The van der Waals surface area contributed by atoms with Gasteiger partial charge in [0.25, 0.3) is 5.56 Å². The molecule has 116 valence electrons. The Morgan fingerprint density at radius 2 is 1.91 bits per heavy atom. The van der Waals surface area contributed by atoms with E-state index in [1.807, 2.05) is 32.0 Å². The van der Waals surface area contributed by atoms with Gasteiger partial charge >= 0.3 is 5.97 Å². The predicted octanol–water partition coefficient (Wildman–Crippen LogP) is 2.67. The molecule has 0 N–H and O–H groups in total. The minimum atomic E-state index is -0.434. The molecule has 0 aliphatic heterocycles. The first-order chi connectivity index (χ1) is 11.0. The molecule has 0 atom stereocenters. The average Bonchev–Trinajstić information content (AvgIpc) is 2.54. The highest BCUT2D eigenvalue weighted by atomic mass is 16.5.